The van der Waals surface area contributed by atoms with Crippen LogP contribution in [0.3, 0.4) is 0 Å². The maximum Gasteiger partial charge on any atom is 0.224 e. The van der Waals surface area contributed by atoms with Crippen LogP contribution >= 0.6 is 0 Å². The average molecular weight is 208 g/mol. The van der Waals surface area contributed by atoms with Gasteiger partial charge in [0.05, 0.1) is 12.2 Å². The SMILES string of the molecule is Cc1c([C@@H]2[C@@H](N)CC(=O)N2C)cnn1C. The molecule has 0 radical (unpaired) electrons. The number of hydrogen-bond acceptors (Lipinski definition) is 3. The van der Waals surface area contributed by atoms with Crippen molar-refractivity contribution in [3.63, 3.8) is 0 Å². The minimum absolute atomic E-state index is 0.0220. The zero-order chi connectivity index (χ0) is 11.2. The summed E-state index contributed by atoms with van der Waals surface area (Å²) in [4.78, 5) is 13.2. The van der Waals surface area contributed by atoms with Crippen LogP contribution in [-0.2, 0) is 11.8 Å². The van der Waals surface area contributed by atoms with Crippen LogP contribution < -0.4 is 5.73 Å². The van der Waals surface area contributed by atoms with E-state index < -0.39 is 0 Å². The summed E-state index contributed by atoms with van der Waals surface area (Å²) in [6.45, 7) is 1.99. The number of aryl methyl sites for hydroxylation is 1. The van der Waals surface area contributed by atoms with Gasteiger partial charge in [-0.2, -0.15) is 5.10 Å². The van der Waals surface area contributed by atoms with Crippen LogP contribution in [0.5, 0.6) is 0 Å². The van der Waals surface area contributed by atoms with E-state index in [4.69, 9.17) is 5.73 Å². The number of carbonyl (C=O) groups is 1. The smallest absolute Gasteiger partial charge is 0.224 e. The molecule has 0 bridgehead atoms. The van der Waals surface area contributed by atoms with E-state index in [1.807, 2.05) is 14.0 Å². The summed E-state index contributed by atoms with van der Waals surface area (Å²) in [5.74, 6) is 0.107. The van der Waals surface area contributed by atoms with Crippen LogP contribution in [0.1, 0.15) is 23.7 Å². The van der Waals surface area contributed by atoms with Crippen LogP contribution in [0.15, 0.2) is 6.20 Å². The molecule has 5 heteroatoms. The van der Waals surface area contributed by atoms with E-state index in [0.29, 0.717) is 6.42 Å². The molecule has 1 amide bonds. The number of likely N-dealkylation sites (N-methyl/N-ethyl adjacent to an activating group) is 1. The molecule has 2 N–H and O–H groups in total. The zero-order valence-corrected chi connectivity index (χ0v) is 9.27. The number of hydrogen-bond donors (Lipinski definition) is 1. The Kier molecular flexibility index (Phi) is 2.26. The second kappa shape index (κ2) is 3.34. The van der Waals surface area contributed by atoms with Gasteiger partial charge in [-0.25, -0.2) is 0 Å². The van der Waals surface area contributed by atoms with Gasteiger partial charge in [0.15, 0.2) is 0 Å². The zero-order valence-electron chi connectivity index (χ0n) is 9.27. The van der Waals surface area contributed by atoms with Crippen LogP contribution in [0, 0.1) is 6.92 Å². The lowest BCUT2D eigenvalue weighted by Crippen LogP contribution is -2.30. The quantitative estimate of drug-likeness (QED) is 0.704. The Labute approximate surface area is 88.8 Å². The van der Waals surface area contributed by atoms with Crippen molar-refractivity contribution in [2.45, 2.75) is 25.4 Å². The first-order valence-corrected chi connectivity index (χ1v) is 5.02. The Morgan fingerprint density at radius 1 is 1.53 bits per heavy atom. The summed E-state index contributed by atoms with van der Waals surface area (Å²) in [5, 5.41) is 4.18. The van der Waals surface area contributed by atoms with Gasteiger partial charge in [-0.15, -0.1) is 0 Å². The van der Waals surface area contributed by atoms with Crippen molar-refractivity contribution in [1.82, 2.24) is 14.7 Å². The molecule has 0 unspecified atom stereocenters. The summed E-state index contributed by atoms with van der Waals surface area (Å²) < 4.78 is 1.80. The second-order valence-electron chi connectivity index (χ2n) is 4.13. The van der Waals surface area contributed by atoms with Gasteiger partial charge in [-0.05, 0) is 6.92 Å². The van der Waals surface area contributed by atoms with Gasteiger partial charge >= 0.3 is 0 Å². The molecular formula is C10H16N4O. The Hall–Kier alpha value is -1.36. The minimum Gasteiger partial charge on any atom is -0.337 e. The van der Waals surface area contributed by atoms with Crippen molar-refractivity contribution in [2.75, 3.05) is 7.05 Å². The number of carbonyl (C=O) groups excluding carboxylic acids is 1. The van der Waals surface area contributed by atoms with E-state index in [-0.39, 0.29) is 18.0 Å². The molecule has 82 valence electrons. The van der Waals surface area contributed by atoms with E-state index >= 15 is 0 Å². The maximum absolute atomic E-state index is 11.5. The Bertz CT molecular complexity index is 398. The Balaban J connectivity index is 2.39. The molecule has 1 aromatic heterocycles. The molecule has 15 heavy (non-hydrogen) atoms. The fraction of sp³-hybridized carbons (Fsp3) is 0.600. The molecule has 1 fully saturated rings. The number of nitrogens with two attached hydrogens (primary N) is 1. The van der Waals surface area contributed by atoms with Crippen molar-refractivity contribution in [3.05, 3.63) is 17.5 Å². The van der Waals surface area contributed by atoms with Crippen molar-refractivity contribution < 1.29 is 4.79 Å². The first kappa shape index (κ1) is 10.2. The average Bonchev–Trinajstić information content (AvgIpc) is 2.60. The van der Waals surface area contributed by atoms with E-state index in [1.165, 1.54) is 0 Å². The summed E-state index contributed by atoms with van der Waals surface area (Å²) in [7, 11) is 3.69. The van der Waals surface area contributed by atoms with E-state index in [9.17, 15) is 4.79 Å². The monoisotopic (exact) mass is 208 g/mol. The number of likely N-dealkylation sites (tertiary alicyclic amines) is 1. The van der Waals surface area contributed by atoms with Crippen LogP contribution in [0.4, 0.5) is 0 Å². The highest BCUT2D eigenvalue weighted by Gasteiger charge is 2.37. The van der Waals surface area contributed by atoms with Crippen molar-refractivity contribution in [2.24, 2.45) is 12.8 Å². The summed E-state index contributed by atoms with van der Waals surface area (Å²) in [6, 6.07) is -0.142. The van der Waals surface area contributed by atoms with E-state index in [1.54, 1.807) is 22.8 Å². The third kappa shape index (κ3) is 1.43. The molecule has 1 saturated heterocycles. The maximum atomic E-state index is 11.5. The van der Waals surface area contributed by atoms with Crippen molar-refractivity contribution >= 4 is 5.91 Å². The number of amides is 1. The second-order valence-corrected chi connectivity index (χ2v) is 4.13. The van der Waals surface area contributed by atoms with E-state index in [0.717, 1.165) is 11.3 Å². The van der Waals surface area contributed by atoms with Crippen LogP contribution in [-0.4, -0.2) is 33.7 Å². The third-order valence-electron chi connectivity index (χ3n) is 3.22. The highest BCUT2D eigenvalue weighted by Crippen LogP contribution is 2.31. The van der Waals surface area contributed by atoms with Crippen molar-refractivity contribution in [3.8, 4) is 0 Å². The number of nitrogens with zero attached hydrogens (tertiary/aromatic N) is 3. The molecule has 0 aliphatic carbocycles. The lowest BCUT2D eigenvalue weighted by molar-refractivity contribution is -0.127. The third-order valence-corrected chi connectivity index (χ3v) is 3.22. The fourth-order valence-electron chi connectivity index (χ4n) is 2.14. The summed E-state index contributed by atoms with van der Waals surface area (Å²) in [5.41, 5.74) is 8.09. The lowest BCUT2D eigenvalue weighted by Gasteiger charge is -2.22. The molecular weight excluding hydrogens is 192 g/mol. The molecule has 1 aromatic rings. The molecule has 1 aliphatic rings. The van der Waals surface area contributed by atoms with Gasteiger partial charge in [0, 0.05) is 37.8 Å². The highest BCUT2D eigenvalue weighted by molar-refractivity contribution is 5.80. The molecule has 1 aliphatic heterocycles. The van der Waals surface area contributed by atoms with Gasteiger partial charge in [0.25, 0.3) is 0 Å². The summed E-state index contributed by atoms with van der Waals surface area (Å²) >= 11 is 0. The van der Waals surface area contributed by atoms with Gasteiger partial charge in [-0.3, -0.25) is 9.48 Å². The molecule has 0 aromatic carbocycles. The Morgan fingerprint density at radius 2 is 2.20 bits per heavy atom. The molecule has 0 saturated carbocycles. The molecule has 2 heterocycles. The summed E-state index contributed by atoms with van der Waals surface area (Å²) in [6.07, 6.45) is 2.23. The molecule has 5 nitrogen and oxygen atoms in total. The first-order valence-electron chi connectivity index (χ1n) is 5.02. The van der Waals surface area contributed by atoms with Gasteiger partial charge in [0.2, 0.25) is 5.91 Å². The predicted octanol–water partition coefficient (Wildman–Crippen LogP) is -0.0410. The predicted molar refractivity (Wildman–Crippen MR) is 56.0 cm³/mol. The fourth-order valence-corrected chi connectivity index (χ4v) is 2.14. The number of rotatable bonds is 1. The van der Waals surface area contributed by atoms with E-state index in [2.05, 4.69) is 5.10 Å². The van der Waals surface area contributed by atoms with Gasteiger partial charge in [-0.1, -0.05) is 0 Å². The number of aromatic nitrogens is 2. The van der Waals surface area contributed by atoms with Crippen LogP contribution in [0.2, 0.25) is 0 Å². The standard InChI is InChI=1S/C10H16N4O/c1-6-7(5-12-14(6)3)10-8(11)4-9(15)13(10)2/h5,8,10H,4,11H2,1-3H3/t8-,10+/m0/s1. The Morgan fingerprint density at radius 3 is 2.60 bits per heavy atom. The lowest BCUT2D eigenvalue weighted by atomic mass is 10.0. The molecule has 2 atom stereocenters. The van der Waals surface area contributed by atoms with Crippen molar-refractivity contribution in [1.29, 1.82) is 0 Å². The normalized spacial score (nSPS) is 26.4. The molecule has 0 spiro atoms. The molecule has 2 rings (SSSR count). The van der Waals surface area contributed by atoms with Gasteiger partial charge in [0.1, 0.15) is 0 Å². The minimum atomic E-state index is -0.120. The van der Waals surface area contributed by atoms with Gasteiger partial charge < -0.3 is 10.6 Å². The topological polar surface area (TPSA) is 64.2 Å². The largest absolute Gasteiger partial charge is 0.337 e. The van der Waals surface area contributed by atoms with Crippen LogP contribution in [0.25, 0.3) is 0 Å². The first-order chi connectivity index (χ1) is 7.02. The highest BCUT2D eigenvalue weighted by atomic mass is 16.2.